The molecule has 0 radical (unpaired) electrons. The molecule has 2 aromatic rings. The lowest BCUT2D eigenvalue weighted by Gasteiger charge is -2.03. The summed E-state index contributed by atoms with van der Waals surface area (Å²) in [7, 11) is 0. The Bertz CT molecular complexity index is 397. The summed E-state index contributed by atoms with van der Waals surface area (Å²) in [5.74, 6) is 1.35. The number of ether oxygens (including phenoxy) is 1. The van der Waals surface area contributed by atoms with Gasteiger partial charge in [0.05, 0.1) is 0 Å². The molecule has 0 fully saturated rings. The largest absolute Gasteiger partial charge is 0.439 e. The van der Waals surface area contributed by atoms with Gasteiger partial charge >= 0.3 is 0 Å². The Hall–Kier alpha value is -1.90. The van der Waals surface area contributed by atoms with Crippen LogP contribution >= 0.6 is 0 Å². The molecule has 3 nitrogen and oxygen atoms in total. The van der Waals surface area contributed by atoms with Crippen LogP contribution in [0.4, 0.5) is 0 Å². The number of aromatic nitrogens is 2. The summed E-state index contributed by atoms with van der Waals surface area (Å²) in [6.45, 7) is 2.04. The van der Waals surface area contributed by atoms with Crippen LogP contribution in [-0.4, -0.2) is 9.97 Å². The van der Waals surface area contributed by atoms with Crippen molar-refractivity contribution >= 4 is 0 Å². The second-order valence-corrected chi connectivity index (χ2v) is 2.96. The van der Waals surface area contributed by atoms with Gasteiger partial charge in [-0.25, -0.2) is 9.97 Å². The molecule has 70 valence electrons. The Kier molecular flexibility index (Phi) is 2.40. The van der Waals surface area contributed by atoms with Crippen LogP contribution in [-0.2, 0) is 0 Å². The molecule has 0 spiro atoms. The second kappa shape index (κ2) is 3.87. The highest BCUT2D eigenvalue weighted by Gasteiger charge is 1.95. The molecule has 0 bridgehead atoms. The van der Waals surface area contributed by atoms with Crippen LogP contribution in [0.15, 0.2) is 42.9 Å². The van der Waals surface area contributed by atoms with Crippen molar-refractivity contribution in [2.75, 3.05) is 0 Å². The number of hydrogen-bond acceptors (Lipinski definition) is 3. The molecule has 1 aromatic carbocycles. The molecule has 1 aromatic heterocycles. The minimum Gasteiger partial charge on any atom is -0.439 e. The third-order valence-electron chi connectivity index (χ3n) is 1.80. The average Bonchev–Trinajstić information content (AvgIpc) is 2.23. The number of hydrogen-bond donors (Lipinski definition) is 0. The smallest absolute Gasteiger partial charge is 0.222 e. The molecule has 0 aliphatic rings. The fourth-order valence-electron chi connectivity index (χ4n) is 1.07. The standard InChI is InChI=1S/C11H10N2O/c1-9-2-4-10(5-3-9)14-11-6-7-12-8-13-11/h2-8H,1H3. The first kappa shape index (κ1) is 8.69. The van der Waals surface area contributed by atoms with Gasteiger partial charge in [-0.3, -0.25) is 0 Å². The fraction of sp³-hybridized carbons (Fsp3) is 0.0909. The minimum absolute atomic E-state index is 0.559. The van der Waals surface area contributed by atoms with E-state index < -0.39 is 0 Å². The Labute approximate surface area is 82.4 Å². The fourth-order valence-corrected chi connectivity index (χ4v) is 1.07. The van der Waals surface area contributed by atoms with E-state index in [0.29, 0.717) is 5.88 Å². The van der Waals surface area contributed by atoms with Crippen molar-refractivity contribution in [3.8, 4) is 11.6 Å². The van der Waals surface area contributed by atoms with E-state index in [4.69, 9.17) is 4.74 Å². The summed E-state index contributed by atoms with van der Waals surface area (Å²) in [6.07, 6.45) is 3.11. The Balaban J connectivity index is 2.16. The lowest BCUT2D eigenvalue weighted by molar-refractivity contribution is 0.461. The van der Waals surface area contributed by atoms with E-state index in [1.54, 1.807) is 12.3 Å². The third kappa shape index (κ3) is 2.07. The first-order chi connectivity index (χ1) is 6.84. The maximum Gasteiger partial charge on any atom is 0.222 e. The molecule has 0 amide bonds. The number of rotatable bonds is 2. The van der Waals surface area contributed by atoms with Crippen molar-refractivity contribution in [1.82, 2.24) is 9.97 Å². The molecule has 0 atom stereocenters. The Morgan fingerprint density at radius 1 is 1.07 bits per heavy atom. The minimum atomic E-state index is 0.559. The molecule has 2 rings (SSSR count). The van der Waals surface area contributed by atoms with Crippen LogP contribution < -0.4 is 4.74 Å². The molecular formula is C11H10N2O. The Morgan fingerprint density at radius 3 is 2.50 bits per heavy atom. The van der Waals surface area contributed by atoms with E-state index in [2.05, 4.69) is 9.97 Å². The predicted molar refractivity (Wildman–Crippen MR) is 53.3 cm³/mol. The van der Waals surface area contributed by atoms with Crippen molar-refractivity contribution in [1.29, 1.82) is 0 Å². The van der Waals surface area contributed by atoms with Crippen molar-refractivity contribution in [2.24, 2.45) is 0 Å². The molecule has 0 aliphatic heterocycles. The van der Waals surface area contributed by atoms with Gasteiger partial charge in [-0.2, -0.15) is 0 Å². The van der Waals surface area contributed by atoms with E-state index in [-0.39, 0.29) is 0 Å². The molecule has 14 heavy (non-hydrogen) atoms. The summed E-state index contributed by atoms with van der Waals surface area (Å²) in [6, 6.07) is 9.54. The van der Waals surface area contributed by atoms with Gasteiger partial charge in [-0.05, 0) is 19.1 Å². The van der Waals surface area contributed by atoms with E-state index in [1.165, 1.54) is 11.9 Å². The molecule has 0 unspecified atom stereocenters. The summed E-state index contributed by atoms with van der Waals surface area (Å²) in [5.41, 5.74) is 1.21. The molecule has 0 N–H and O–H groups in total. The zero-order chi connectivity index (χ0) is 9.80. The monoisotopic (exact) mass is 186 g/mol. The topological polar surface area (TPSA) is 35.0 Å². The van der Waals surface area contributed by atoms with Gasteiger partial charge in [0.25, 0.3) is 0 Å². The van der Waals surface area contributed by atoms with Crippen molar-refractivity contribution in [2.45, 2.75) is 6.92 Å². The van der Waals surface area contributed by atoms with Crippen molar-refractivity contribution in [3.63, 3.8) is 0 Å². The van der Waals surface area contributed by atoms with Crippen LogP contribution in [0.25, 0.3) is 0 Å². The molecule has 0 saturated heterocycles. The summed E-state index contributed by atoms with van der Waals surface area (Å²) in [4.78, 5) is 7.77. The van der Waals surface area contributed by atoms with E-state index in [9.17, 15) is 0 Å². The van der Waals surface area contributed by atoms with Gasteiger partial charge in [-0.15, -0.1) is 0 Å². The SMILES string of the molecule is Cc1ccc(Oc2ccncn2)cc1. The van der Waals surface area contributed by atoms with Crippen LogP contribution in [0.5, 0.6) is 11.6 Å². The van der Waals surface area contributed by atoms with Gasteiger partial charge in [-0.1, -0.05) is 17.7 Å². The van der Waals surface area contributed by atoms with E-state index in [0.717, 1.165) is 5.75 Å². The predicted octanol–water partition coefficient (Wildman–Crippen LogP) is 2.58. The second-order valence-electron chi connectivity index (χ2n) is 2.96. The maximum atomic E-state index is 5.48. The van der Waals surface area contributed by atoms with Crippen LogP contribution in [0.2, 0.25) is 0 Å². The van der Waals surface area contributed by atoms with Crippen LogP contribution in [0.1, 0.15) is 5.56 Å². The molecule has 0 saturated carbocycles. The highest BCUT2D eigenvalue weighted by Crippen LogP contribution is 2.18. The first-order valence-corrected chi connectivity index (χ1v) is 4.35. The van der Waals surface area contributed by atoms with Crippen molar-refractivity contribution < 1.29 is 4.74 Å². The summed E-state index contributed by atoms with van der Waals surface area (Å²) < 4.78 is 5.48. The zero-order valence-electron chi connectivity index (χ0n) is 7.84. The van der Waals surface area contributed by atoms with E-state index >= 15 is 0 Å². The number of benzene rings is 1. The van der Waals surface area contributed by atoms with Crippen molar-refractivity contribution in [3.05, 3.63) is 48.4 Å². The van der Waals surface area contributed by atoms with Crippen LogP contribution in [0, 0.1) is 6.92 Å². The summed E-state index contributed by atoms with van der Waals surface area (Å²) in [5, 5.41) is 0. The lowest BCUT2D eigenvalue weighted by Crippen LogP contribution is -1.87. The maximum absolute atomic E-state index is 5.48. The number of aryl methyl sites for hydroxylation is 1. The van der Waals surface area contributed by atoms with Gasteiger partial charge in [0.15, 0.2) is 0 Å². The Morgan fingerprint density at radius 2 is 1.86 bits per heavy atom. The lowest BCUT2D eigenvalue weighted by atomic mass is 10.2. The molecule has 0 aliphatic carbocycles. The number of nitrogens with zero attached hydrogens (tertiary/aromatic N) is 2. The van der Waals surface area contributed by atoms with Gasteiger partial charge in [0.2, 0.25) is 5.88 Å². The van der Waals surface area contributed by atoms with Gasteiger partial charge in [0, 0.05) is 12.3 Å². The molecular weight excluding hydrogens is 176 g/mol. The molecule has 1 heterocycles. The van der Waals surface area contributed by atoms with Gasteiger partial charge in [0.1, 0.15) is 12.1 Å². The third-order valence-corrected chi connectivity index (χ3v) is 1.80. The molecule has 3 heteroatoms. The van der Waals surface area contributed by atoms with E-state index in [1.807, 2.05) is 31.2 Å². The normalized spacial score (nSPS) is 9.79. The van der Waals surface area contributed by atoms with Crippen LogP contribution in [0.3, 0.4) is 0 Å². The first-order valence-electron chi connectivity index (χ1n) is 4.35. The quantitative estimate of drug-likeness (QED) is 0.723. The summed E-state index contributed by atoms with van der Waals surface area (Å²) >= 11 is 0. The highest BCUT2D eigenvalue weighted by molar-refractivity contribution is 5.29. The zero-order valence-corrected chi connectivity index (χ0v) is 7.84. The highest BCUT2D eigenvalue weighted by atomic mass is 16.5. The van der Waals surface area contributed by atoms with Gasteiger partial charge < -0.3 is 4.74 Å². The average molecular weight is 186 g/mol.